The summed E-state index contributed by atoms with van der Waals surface area (Å²) in [5.41, 5.74) is 0.577. The van der Waals surface area contributed by atoms with Crippen LogP contribution in [-0.2, 0) is 13.0 Å². The minimum atomic E-state index is -0.559. The molecule has 0 aliphatic heterocycles. The molecule has 0 spiro atoms. The lowest BCUT2D eigenvalue weighted by Crippen LogP contribution is -2.27. The number of nitrogens with zero attached hydrogens (tertiary/aromatic N) is 1. The molecule has 0 saturated heterocycles. The summed E-state index contributed by atoms with van der Waals surface area (Å²) in [6.07, 6.45) is 2.27. The normalized spacial score (nSPS) is 10.7. The van der Waals surface area contributed by atoms with E-state index in [1.54, 1.807) is 22.9 Å². The molecule has 1 aromatic carbocycles. The fourth-order valence-corrected chi connectivity index (χ4v) is 1.96. The Bertz CT molecular complexity index is 605. The SMILES string of the molecule is O=c1ccccn1CCNCCc1cc(F)cc(F)c1. The predicted octanol–water partition coefficient (Wildman–Crippen LogP) is 1.96. The molecular weight excluding hydrogens is 262 g/mol. The molecule has 20 heavy (non-hydrogen) atoms. The highest BCUT2D eigenvalue weighted by molar-refractivity contribution is 5.18. The molecule has 1 aromatic heterocycles. The third-order valence-electron chi connectivity index (χ3n) is 2.94. The first kappa shape index (κ1) is 14.4. The van der Waals surface area contributed by atoms with Crippen molar-refractivity contribution < 1.29 is 8.78 Å². The maximum atomic E-state index is 13.0. The van der Waals surface area contributed by atoms with Gasteiger partial charge in [-0.3, -0.25) is 4.79 Å². The largest absolute Gasteiger partial charge is 0.315 e. The Morgan fingerprint density at radius 1 is 1.05 bits per heavy atom. The number of nitrogens with one attached hydrogen (secondary N) is 1. The average Bonchev–Trinajstić information content (AvgIpc) is 2.39. The second kappa shape index (κ2) is 6.96. The second-order valence-corrected chi connectivity index (χ2v) is 4.51. The molecule has 0 aliphatic rings. The first-order valence-electron chi connectivity index (χ1n) is 6.46. The van der Waals surface area contributed by atoms with Crippen molar-refractivity contribution in [2.75, 3.05) is 13.1 Å². The number of aromatic nitrogens is 1. The zero-order chi connectivity index (χ0) is 14.4. The van der Waals surface area contributed by atoms with Crippen molar-refractivity contribution in [3.05, 3.63) is 70.1 Å². The number of halogens is 2. The molecule has 0 bridgehead atoms. The van der Waals surface area contributed by atoms with E-state index in [1.165, 1.54) is 18.2 Å². The number of rotatable bonds is 6. The fraction of sp³-hybridized carbons (Fsp3) is 0.267. The summed E-state index contributed by atoms with van der Waals surface area (Å²) in [7, 11) is 0. The van der Waals surface area contributed by atoms with Crippen LogP contribution in [0, 0.1) is 11.6 Å². The Hall–Kier alpha value is -2.01. The molecule has 1 heterocycles. The summed E-state index contributed by atoms with van der Waals surface area (Å²) in [6, 6.07) is 8.52. The van der Waals surface area contributed by atoms with Crippen LogP contribution in [0.2, 0.25) is 0 Å². The number of hydrogen-bond acceptors (Lipinski definition) is 2. The van der Waals surface area contributed by atoms with Gasteiger partial charge < -0.3 is 9.88 Å². The lowest BCUT2D eigenvalue weighted by atomic mass is 10.1. The van der Waals surface area contributed by atoms with E-state index in [2.05, 4.69) is 5.32 Å². The Balaban J connectivity index is 1.74. The molecule has 2 aromatic rings. The van der Waals surface area contributed by atoms with Crippen LogP contribution in [0.5, 0.6) is 0 Å². The summed E-state index contributed by atoms with van der Waals surface area (Å²) in [5, 5.41) is 3.14. The Kier molecular flexibility index (Phi) is 5.01. The lowest BCUT2D eigenvalue weighted by molar-refractivity contribution is 0.570. The summed E-state index contributed by atoms with van der Waals surface area (Å²) in [6.45, 7) is 1.80. The number of pyridine rings is 1. The van der Waals surface area contributed by atoms with E-state index in [9.17, 15) is 13.6 Å². The van der Waals surface area contributed by atoms with E-state index in [-0.39, 0.29) is 5.56 Å². The van der Waals surface area contributed by atoms with Crippen molar-refractivity contribution in [3.63, 3.8) is 0 Å². The van der Waals surface area contributed by atoms with Crippen LogP contribution >= 0.6 is 0 Å². The Labute approximate surface area is 115 Å². The second-order valence-electron chi connectivity index (χ2n) is 4.51. The first-order chi connectivity index (χ1) is 9.65. The third kappa shape index (κ3) is 4.28. The zero-order valence-corrected chi connectivity index (χ0v) is 11.0. The first-order valence-corrected chi connectivity index (χ1v) is 6.46. The summed E-state index contributed by atoms with van der Waals surface area (Å²) in [4.78, 5) is 11.4. The molecule has 0 aliphatic carbocycles. The van der Waals surface area contributed by atoms with Crippen LogP contribution in [0.3, 0.4) is 0 Å². The quantitative estimate of drug-likeness (QED) is 0.820. The van der Waals surface area contributed by atoms with E-state index >= 15 is 0 Å². The van der Waals surface area contributed by atoms with Gasteiger partial charge in [-0.05, 0) is 36.7 Å². The van der Waals surface area contributed by atoms with Gasteiger partial charge in [0.25, 0.3) is 5.56 Å². The van der Waals surface area contributed by atoms with Gasteiger partial charge in [0.2, 0.25) is 0 Å². The Morgan fingerprint density at radius 3 is 2.50 bits per heavy atom. The molecule has 3 nitrogen and oxygen atoms in total. The number of benzene rings is 1. The summed E-state index contributed by atoms with van der Waals surface area (Å²) in [5.74, 6) is -1.12. The van der Waals surface area contributed by atoms with Gasteiger partial charge in [-0.15, -0.1) is 0 Å². The van der Waals surface area contributed by atoms with Crippen molar-refractivity contribution in [2.45, 2.75) is 13.0 Å². The standard InChI is InChI=1S/C15H16F2N2O/c16-13-9-12(10-14(17)11-13)4-5-18-6-8-19-7-2-1-3-15(19)20/h1-3,7,9-11,18H,4-6,8H2. The van der Waals surface area contributed by atoms with Gasteiger partial charge in [0.15, 0.2) is 0 Å². The highest BCUT2D eigenvalue weighted by atomic mass is 19.1. The minimum absolute atomic E-state index is 0.0403. The van der Waals surface area contributed by atoms with E-state index in [4.69, 9.17) is 0 Å². The van der Waals surface area contributed by atoms with E-state index in [0.29, 0.717) is 31.6 Å². The highest BCUT2D eigenvalue weighted by Gasteiger charge is 2.00. The average molecular weight is 278 g/mol. The summed E-state index contributed by atoms with van der Waals surface area (Å²) < 4.78 is 27.5. The van der Waals surface area contributed by atoms with Crippen LogP contribution in [0.1, 0.15) is 5.56 Å². The van der Waals surface area contributed by atoms with Gasteiger partial charge in [-0.25, -0.2) is 8.78 Å². The molecular formula is C15H16F2N2O. The predicted molar refractivity (Wildman–Crippen MR) is 73.6 cm³/mol. The molecule has 0 atom stereocenters. The molecule has 0 fully saturated rings. The van der Waals surface area contributed by atoms with Crippen LogP contribution in [-0.4, -0.2) is 17.7 Å². The molecule has 0 radical (unpaired) electrons. The highest BCUT2D eigenvalue weighted by Crippen LogP contribution is 2.07. The molecule has 0 saturated carbocycles. The Morgan fingerprint density at radius 2 is 1.80 bits per heavy atom. The molecule has 0 unspecified atom stereocenters. The van der Waals surface area contributed by atoms with Gasteiger partial charge in [0.05, 0.1) is 0 Å². The van der Waals surface area contributed by atoms with Gasteiger partial charge in [0.1, 0.15) is 11.6 Å². The fourth-order valence-electron chi connectivity index (χ4n) is 1.96. The monoisotopic (exact) mass is 278 g/mol. The van der Waals surface area contributed by atoms with Crippen molar-refractivity contribution in [3.8, 4) is 0 Å². The summed E-state index contributed by atoms with van der Waals surface area (Å²) >= 11 is 0. The number of hydrogen-bond donors (Lipinski definition) is 1. The van der Waals surface area contributed by atoms with Crippen LogP contribution in [0.15, 0.2) is 47.4 Å². The van der Waals surface area contributed by atoms with Crippen molar-refractivity contribution in [1.29, 1.82) is 0 Å². The zero-order valence-electron chi connectivity index (χ0n) is 11.0. The van der Waals surface area contributed by atoms with Crippen molar-refractivity contribution in [2.24, 2.45) is 0 Å². The smallest absolute Gasteiger partial charge is 0.250 e. The third-order valence-corrected chi connectivity index (χ3v) is 2.94. The van der Waals surface area contributed by atoms with Crippen molar-refractivity contribution >= 4 is 0 Å². The van der Waals surface area contributed by atoms with Crippen LogP contribution < -0.4 is 10.9 Å². The topological polar surface area (TPSA) is 34.0 Å². The van der Waals surface area contributed by atoms with E-state index in [1.807, 2.05) is 0 Å². The molecule has 1 N–H and O–H groups in total. The van der Waals surface area contributed by atoms with E-state index < -0.39 is 11.6 Å². The van der Waals surface area contributed by atoms with Gasteiger partial charge in [-0.2, -0.15) is 0 Å². The van der Waals surface area contributed by atoms with Crippen molar-refractivity contribution in [1.82, 2.24) is 9.88 Å². The maximum Gasteiger partial charge on any atom is 0.250 e. The maximum absolute atomic E-state index is 13.0. The lowest BCUT2D eigenvalue weighted by Gasteiger charge is -2.07. The van der Waals surface area contributed by atoms with E-state index in [0.717, 1.165) is 6.07 Å². The van der Waals surface area contributed by atoms with Gasteiger partial charge in [0, 0.05) is 31.4 Å². The molecule has 5 heteroatoms. The van der Waals surface area contributed by atoms with Crippen LogP contribution in [0.4, 0.5) is 8.78 Å². The van der Waals surface area contributed by atoms with Gasteiger partial charge >= 0.3 is 0 Å². The molecule has 106 valence electrons. The minimum Gasteiger partial charge on any atom is -0.315 e. The molecule has 2 rings (SSSR count). The van der Waals surface area contributed by atoms with Gasteiger partial charge in [-0.1, -0.05) is 6.07 Å². The van der Waals surface area contributed by atoms with Crippen LogP contribution in [0.25, 0.3) is 0 Å². The molecule has 0 amide bonds.